The summed E-state index contributed by atoms with van der Waals surface area (Å²) in [5.74, 6) is 0. The summed E-state index contributed by atoms with van der Waals surface area (Å²) in [6, 6.07) is 4.26. The zero-order valence-electron chi connectivity index (χ0n) is 15.1. The van der Waals surface area contributed by atoms with Crippen LogP contribution in [-0.2, 0) is 6.54 Å². The van der Waals surface area contributed by atoms with Gasteiger partial charge in [0.2, 0.25) is 0 Å². The normalized spacial score (nSPS) is 10.3. The van der Waals surface area contributed by atoms with Crippen LogP contribution in [0.4, 0.5) is 0 Å². The van der Waals surface area contributed by atoms with Crippen LogP contribution in [0.25, 0.3) is 6.08 Å². The molecule has 1 aromatic heterocycles. The van der Waals surface area contributed by atoms with Gasteiger partial charge in [0.15, 0.2) is 12.4 Å². The molecule has 1 aromatic rings. The predicted molar refractivity (Wildman–Crippen MR) is 97.8 cm³/mol. The molecule has 23 heavy (non-hydrogen) atoms. The van der Waals surface area contributed by atoms with Crippen molar-refractivity contribution >= 4 is 6.08 Å². The second kappa shape index (κ2) is 16.1. The van der Waals surface area contributed by atoms with E-state index in [9.17, 15) is 0 Å². The van der Waals surface area contributed by atoms with Crippen molar-refractivity contribution in [2.75, 3.05) is 0 Å². The van der Waals surface area contributed by atoms with Crippen LogP contribution < -0.4 is 17.0 Å². The molecule has 1 nitrogen and oxygen atoms in total. The Balaban J connectivity index is 0.00000484. The minimum atomic E-state index is 0. The first-order valence-electron chi connectivity index (χ1n) is 9.48. The zero-order chi connectivity index (χ0) is 15.9. The average Bonchev–Trinajstić information content (AvgIpc) is 2.56. The molecular weight excluding hydrogens is 302 g/mol. The van der Waals surface area contributed by atoms with Crippen LogP contribution in [-0.4, -0.2) is 0 Å². The predicted octanol–water partition coefficient (Wildman–Crippen LogP) is 3.32. The topological polar surface area (TPSA) is 3.88 Å². The van der Waals surface area contributed by atoms with Crippen molar-refractivity contribution in [2.24, 2.45) is 0 Å². The minimum Gasteiger partial charge on any atom is -1.00 e. The lowest BCUT2D eigenvalue weighted by Crippen LogP contribution is -3.00. The van der Waals surface area contributed by atoms with Gasteiger partial charge in [-0.15, -0.1) is 0 Å². The molecule has 1 heterocycles. The first kappa shape index (κ1) is 22.2. The van der Waals surface area contributed by atoms with Gasteiger partial charge in [-0.2, -0.15) is 0 Å². The lowest BCUT2D eigenvalue weighted by Gasteiger charge is -2.02. The number of halogens is 1. The first-order valence-corrected chi connectivity index (χ1v) is 9.48. The molecule has 0 N–H and O–H groups in total. The van der Waals surface area contributed by atoms with Crippen LogP contribution in [0.3, 0.4) is 0 Å². The number of pyridine rings is 1. The Morgan fingerprint density at radius 3 is 1.65 bits per heavy atom. The summed E-state index contributed by atoms with van der Waals surface area (Å²) >= 11 is 0. The Morgan fingerprint density at radius 1 is 0.783 bits per heavy atom. The number of unbranched alkanes of at least 4 members (excludes halogenated alkanes) is 11. The summed E-state index contributed by atoms with van der Waals surface area (Å²) < 4.78 is 2.28. The van der Waals surface area contributed by atoms with E-state index in [1.165, 1.54) is 82.6 Å². The van der Waals surface area contributed by atoms with Crippen LogP contribution in [0.5, 0.6) is 0 Å². The Morgan fingerprint density at radius 2 is 1.22 bits per heavy atom. The van der Waals surface area contributed by atoms with Crippen LogP contribution in [0.1, 0.15) is 89.5 Å². The fraction of sp³-hybridized carbons (Fsp3) is 0.667. The quantitative estimate of drug-likeness (QED) is 0.362. The molecular formula is C21H36ClN. The first-order chi connectivity index (χ1) is 10.9. The van der Waals surface area contributed by atoms with Gasteiger partial charge in [0.1, 0.15) is 6.54 Å². The van der Waals surface area contributed by atoms with Crippen LogP contribution >= 0.6 is 0 Å². The van der Waals surface area contributed by atoms with Gasteiger partial charge < -0.3 is 12.4 Å². The van der Waals surface area contributed by atoms with Gasteiger partial charge in [0, 0.05) is 18.6 Å². The lowest BCUT2D eigenvalue weighted by molar-refractivity contribution is -0.697. The average molecular weight is 338 g/mol. The summed E-state index contributed by atoms with van der Waals surface area (Å²) in [4.78, 5) is 0. The molecule has 0 aliphatic carbocycles. The summed E-state index contributed by atoms with van der Waals surface area (Å²) in [5, 5.41) is 0. The van der Waals surface area contributed by atoms with Gasteiger partial charge in [-0.25, -0.2) is 4.57 Å². The molecule has 0 aliphatic heterocycles. The second-order valence-electron chi connectivity index (χ2n) is 6.46. The third-order valence-corrected chi connectivity index (χ3v) is 4.42. The zero-order valence-corrected chi connectivity index (χ0v) is 15.9. The lowest BCUT2D eigenvalue weighted by atomic mass is 10.1. The highest BCUT2D eigenvalue weighted by molar-refractivity contribution is 5.44. The van der Waals surface area contributed by atoms with E-state index in [1.54, 1.807) is 0 Å². The fourth-order valence-electron chi connectivity index (χ4n) is 2.89. The fourth-order valence-corrected chi connectivity index (χ4v) is 2.89. The van der Waals surface area contributed by atoms with E-state index in [1.807, 2.05) is 6.08 Å². The molecule has 0 saturated heterocycles. The highest BCUT2D eigenvalue weighted by atomic mass is 35.5. The van der Waals surface area contributed by atoms with E-state index in [0.717, 1.165) is 6.54 Å². The molecule has 0 saturated carbocycles. The van der Waals surface area contributed by atoms with E-state index in [0.29, 0.717) is 0 Å². The number of hydrogen-bond acceptors (Lipinski definition) is 0. The standard InChI is InChI=1S/C21H36N.ClH/c1-3-5-6-7-8-9-10-11-12-13-14-15-18-22-19-16-21(4-2)17-20-22;/h4,16-17,19-20H,2-3,5-15,18H2,1H3;1H/q+1;/p-1. The second-order valence-corrected chi connectivity index (χ2v) is 6.46. The molecule has 0 spiro atoms. The molecule has 0 aromatic carbocycles. The van der Waals surface area contributed by atoms with Crippen LogP contribution in [0.2, 0.25) is 0 Å². The van der Waals surface area contributed by atoms with Gasteiger partial charge in [0.25, 0.3) is 0 Å². The minimum absolute atomic E-state index is 0. The highest BCUT2D eigenvalue weighted by Crippen LogP contribution is 2.11. The van der Waals surface area contributed by atoms with Crippen molar-refractivity contribution < 1.29 is 17.0 Å². The summed E-state index contributed by atoms with van der Waals surface area (Å²) in [7, 11) is 0. The Labute approximate surface area is 150 Å². The van der Waals surface area contributed by atoms with Gasteiger partial charge >= 0.3 is 0 Å². The SMILES string of the molecule is C=Cc1cc[n+](CCCCCCCCCCCCCC)cc1.[Cl-]. The molecule has 0 fully saturated rings. The Kier molecular flexibility index (Phi) is 15.5. The van der Waals surface area contributed by atoms with Gasteiger partial charge in [0.05, 0.1) is 0 Å². The van der Waals surface area contributed by atoms with Crippen molar-refractivity contribution in [1.82, 2.24) is 0 Å². The van der Waals surface area contributed by atoms with Crippen molar-refractivity contribution in [3.8, 4) is 0 Å². The molecule has 132 valence electrons. The number of nitrogens with zero attached hydrogens (tertiary/aromatic N) is 1. The Hall–Kier alpha value is -0.820. The number of rotatable bonds is 14. The number of hydrogen-bond donors (Lipinski definition) is 0. The van der Waals surface area contributed by atoms with Crippen molar-refractivity contribution in [3.05, 3.63) is 36.7 Å². The number of aromatic nitrogens is 1. The van der Waals surface area contributed by atoms with Crippen molar-refractivity contribution in [1.29, 1.82) is 0 Å². The maximum Gasteiger partial charge on any atom is 0.169 e. The maximum atomic E-state index is 3.79. The van der Waals surface area contributed by atoms with Gasteiger partial charge in [-0.05, 0) is 12.0 Å². The molecule has 0 radical (unpaired) electrons. The number of aryl methyl sites for hydroxylation is 1. The molecule has 0 aliphatic rings. The monoisotopic (exact) mass is 337 g/mol. The van der Waals surface area contributed by atoms with Gasteiger partial charge in [-0.3, -0.25) is 0 Å². The maximum absolute atomic E-state index is 3.79. The molecule has 1 rings (SSSR count). The summed E-state index contributed by atoms with van der Waals surface area (Å²) in [6.45, 7) is 7.22. The van der Waals surface area contributed by atoms with Gasteiger partial charge in [-0.1, -0.05) is 83.8 Å². The molecule has 0 bridgehead atoms. The van der Waals surface area contributed by atoms with Crippen LogP contribution in [0, 0.1) is 0 Å². The van der Waals surface area contributed by atoms with Crippen molar-refractivity contribution in [3.63, 3.8) is 0 Å². The van der Waals surface area contributed by atoms with E-state index in [2.05, 4.69) is 42.6 Å². The third kappa shape index (κ3) is 12.3. The smallest absolute Gasteiger partial charge is 0.169 e. The molecule has 0 atom stereocenters. The Bertz CT molecular complexity index is 372. The van der Waals surface area contributed by atoms with Crippen molar-refractivity contribution in [2.45, 2.75) is 90.5 Å². The molecule has 2 heteroatoms. The van der Waals surface area contributed by atoms with E-state index < -0.39 is 0 Å². The molecule has 0 unspecified atom stereocenters. The van der Waals surface area contributed by atoms with E-state index in [4.69, 9.17) is 0 Å². The third-order valence-electron chi connectivity index (χ3n) is 4.42. The van der Waals surface area contributed by atoms with E-state index in [-0.39, 0.29) is 12.4 Å². The summed E-state index contributed by atoms with van der Waals surface area (Å²) in [5.41, 5.74) is 1.20. The van der Waals surface area contributed by atoms with E-state index >= 15 is 0 Å². The highest BCUT2D eigenvalue weighted by Gasteiger charge is 1.99. The largest absolute Gasteiger partial charge is 1.00 e. The van der Waals surface area contributed by atoms with Crippen LogP contribution in [0.15, 0.2) is 31.1 Å². The summed E-state index contributed by atoms with van der Waals surface area (Å²) in [6.07, 6.45) is 23.2. The molecule has 0 amide bonds.